The van der Waals surface area contributed by atoms with Crippen LogP contribution in [0, 0.1) is 0 Å². The van der Waals surface area contributed by atoms with Crippen LogP contribution >= 0.6 is 11.6 Å². The molecule has 0 unspecified atom stereocenters. The van der Waals surface area contributed by atoms with Crippen LogP contribution in [0.25, 0.3) is 6.08 Å². The number of aryl methyl sites for hydroxylation is 1. The van der Waals surface area contributed by atoms with Crippen LogP contribution in [0.2, 0.25) is 5.15 Å². The number of nitrogens with two attached hydrogens (primary N) is 1. The molecule has 110 valence electrons. The smallest absolute Gasteiger partial charge is 0.185 e. The summed E-state index contributed by atoms with van der Waals surface area (Å²) in [4.78, 5) is 19.4. The second-order valence-electron chi connectivity index (χ2n) is 4.81. The molecule has 0 saturated heterocycles. The fourth-order valence-electron chi connectivity index (χ4n) is 1.88. The number of rotatable bonds is 6. The zero-order chi connectivity index (χ0) is 15.2. The lowest BCUT2D eigenvalue weighted by atomic mass is 10.1. The van der Waals surface area contributed by atoms with Crippen molar-refractivity contribution < 1.29 is 4.79 Å². The summed E-state index contributed by atoms with van der Waals surface area (Å²) >= 11 is 6.08. The Morgan fingerprint density at radius 2 is 2.10 bits per heavy atom. The molecule has 0 aliphatic rings. The molecule has 3 N–H and O–H groups in total. The van der Waals surface area contributed by atoms with E-state index in [1.165, 1.54) is 6.08 Å². The van der Waals surface area contributed by atoms with E-state index in [-0.39, 0.29) is 5.78 Å². The van der Waals surface area contributed by atoms with E-state index in [4.69, 9.17) is 17.3 Å². The molecule has 2 aromatic rings. The van der Waals surface area contributed by atoms with E-state index in [2.05, 4.69) is 16.9 Å². The number of hydrogen-bond donors (Lipinski definition) is 2. The predicted octanol–water partition coefficient (Wildman–Crippen LogP) is 3.88. The molecule has 0 fully saturated rings. The van der Waals surface area contributed by atoms with Gasteiger partial charge in [0.25, 0.3) is 0 Å². The highest BCUT2D eigenvalue weighted by atomic mass is 35.5. The average Bonchev–Trinajstić information content (AvgIpc) is 2.83. The molecule has 0 amide bonds. The molecule has 0 aliphatic carbocycles. The van der Waals surface area contributed by atoms with Crippen LogP contribution in [-0.4, -0.2) is 15.8 Å². The number of nitrogens with zero attached hydrogens (tertiary/aromatic N) is 1. The first-order chi connectivity index (χ1) is 10.1. The number of nitrogens with one attached hydrogen (secondary N) is 1. The zero-order valence-corrected chi connectivity index (χ0v) is 12.7. The number of halogens is 1. The van der Waals surface area contributed by atoms with Gasteiger partial charge in [0.2, 0.25) is 0 Å². The molecule has 0 atom stereocenters. The van der Waals surface area contributed by atoms with Crippen molar-refractivity contribution in [2.45, 2.75) is 26.2 Å². The predicted molar refractivity (Wildman–Crippen MR) is 86.4 cm³/mol. The summed E-state index contributed by atoms with van der Waals surface area (Å²) in [5.41, 5.74) is 7.40. The van der Waals surface area contributed by atoms with E-state index in [0.717, 1.165) is 25.1 Å². The molecule has 1 heterocycles. The van der Waals surface area contributed by atoms with Crippen molar-refractivity contribution in [2.75, 3.05) is 5.73 Å². The lowest BCUT2D eigenvalue weighted by Crippen LogP contribution is -1.94. The van der Waals surface area contributed by atoms with Crippen molar-refractivity contribution in [3.63, 3.8) is 0 Å². The monoisotopic (exact) mass is 303 g/mol. The van der Waals surface area contributed by atoms with E-state index < -0.39 is 0 Å². The van der Waals surface area contributed by atoms with E-state index in [0.29, 0.717) is 22.1 Å². The summed E-state index contributed by atoms with van der Waals surface area (Å²) in [6.07, 6.45) is 6.11. The quantitative estimate of drug-likeness (QED) is 0.483. The van der Waals surface area contributed by atoms with Crippen molar-refractivity contribution in [3.05, 3.63) is 52.6 Å². The summed E-state index contributed by atoms with van der Waals surface area (Å²) in [7, 11) is 0. The Hall–Kier alpha value is -2.07. The van der Waals surface area contributed by atoms with Crippen molar-refractivity contribution >= 4 is 29.1 Å². The minimum absolute atomic E-state index is 0.107. The SMILES string of the molecule is CCCCc1nc(/C=C/C(=O)c2ccc(N)cc2)c(Cl)[nH]1. The fourth-order valence-corrected chi connectivity index (χ4v) is 2.10. The Balaban J connectivity index is 2.08. The van der Waals surface area contributed by atoms with Gasteiger partial charge < -0.3 is 10.7 Å². The number of aromatic amines is 1. The third-order valence-corrected chi connectivity index (χ3v) is 3.38. The second-order valence-corrected chi connectivity index (χ2v) is 5.18. The number of imidazole rings is 1. The Morgan fingerprint density at radius 1 is 1.38 bits per heavy atom. The summed E-state index contributed by atoms with van der Waals surface area (Å²) < 4.78 is 0. The maximum absolute atomic E-state index is 12.0. The lowest BCUT2D eigenvalue weighted by molar-refractivity contribution is 0.104. The highest BCUT2D eigenvalue weighted by molar-refractivity contribution is 6.30. The molecule has 0 spiro atoms. The molecule has 21 heavy (non-hydrogen) atoms. The molecule has 2 rings (SSSR count). The highest BCUT2D eigenvalue weighted by Gasteiger charge is 2.07. The number of aromatic nitrogens is 2. The molecule has 0 aliphatic heterocycles. The van der Waals surface area contributed by atoms with Gasteiger partial charge in [-0.2, -0.15) is 0 Å². The molecule has 4 nitrogen and oxygen atoms in total. The van der Waals surface area contributed by atoms with Gasteiger partial charge in [-0.25, -0.2) is 4.98 Å². The van der Waals surface area contributed by atoms with Crippen LogP contribution in [0.5, 0.6) is 0 Å². The van der Waals surface area contributed by atoms with Gasteiger partial charge >= 0.3 is 0 Å². The number of carbonyl (C=O) groups is 1. The largest absolute Gasteiger partial charge is 0.399 e. The van der Waals surface area contributed by atoms with E-state index in [1.807, 2.05) is 0 Å². The van der Waals surface area contributed by atoms with Gasteiger partial charge in [-0.3, -0.25) is 4.79 Å². The maximum Gasteiger partial charge on any atom is 0.185 e. The van der Waals surface area contributed by atoms with Crippen molar-refractivity contribution in [1.82, 2.24) is 9.97 Å². The number of benzene rings is 1. The van der Waals surface area contributed by atoms with Gasteiger partial charge in [0.05, 0.1) is 0 Å². The second kappa shape index (κ2) is 7.09. The Labute approximate surface area is 129 Å². The van der Waals surface area contributed by atoms with Crippen LogP contribution in [0.15, 0.2) is 30.3 Å². The van der Waals surface area contributed by atoms with Gasteiger partial charge in [-0.15, -0.1) is 0 Å². The van der Waals surface area contributed by atoms with E-state index in [9.17, 15) is 4.79 Å². The Bertz CT molecular complexity index is 644. The topological polar surface area (TPSA) is 71.8 Å². The minimum Gasteiger partial charge on any atom is -0.399 e. The number of allylic oxidation sites excluding steroid dienone is 1. The van der Waals surface area contributed by atoms with Crippen LogP contribution in [0.4, 0.5) is 5.69 Å². The first-order valence-corrected chi connectivity index (χ1v) is 7.30. The molecule has 1 aromatic carbocycles. The normalized spacial score (nSPS) is 11.1. The average molecular weight is 304 g/mol. The number of nitrogen functional groups attached to an aromatic ring is 1. The number of H-pyrrole nitrogens is 1. The van der Waals surface area contributed by atoms with Crippen LogP contribution < -0.4 is 5.73 Å². The third kappa shape index (κ3) is 4.20. The van der Waals surface area contributed by atoms with Crippen LogP contribution in [-0.2, 0) is 6.42 Å². The Morgan fingerprint density at radius 3 is 2.76 bits per heavy atom. The van der Waals surface area contributed by atoms with Gasteiger partial charge in [0.15, 0.2) is 5.78 Å². The molecular formula is C16H18ClN3O. The summed E-state index contributed by atoms with van der Waals surface area (Å²) in [6.45, 7) is 2.12. The highest BCUT2D eigenvalue weighted by Crippen LogP contribution is 2.16. The minimum atomic E-state index is -0.107. The van der Waals surface area contributed by atoms with Gasteiger partial charge in [0, 0.05) is 17.7 Å². The molecule has 0 saturated carbocycles. The van der Waals surface area contributed by atoms with E-state index >= 15 is 0 Å². The third-order valence-electron chi connectivity index (χ3n) is 3.09. The molecular weight excluding hydrogens is 286 g/mol. The lowest BCUT2D eigenvalue weighted by Gasteiger charge is -1.96. The van der Waals surface area contributed by atoms with Crippen LogP contribution in [0.1, 0.15) is 41.6 Å². The summed E-state index contributed by atoms with van der Waals surface area (Å²) in [5, 5.41) is 0.461. The maximum atomic E-state index is 12.0. The Kier molecular flexibility index (Phi) is 5.17. The van der Waals surface area contributed by atoms with Gasteiger partial charge in [-0.05, 0) is 42.8 Å². The number of anilines is 1. The molecule has 5 heteroatoms. The molecule has 1 aromatic heterocycles. The first-order valence-electron chi connectivity index (χ1n) is 6.92. The van der Waals surface area contributed by atoms with Crippen molar-refractivity contribution in [1.29, 1.82) is 0 Å². The zero-order valence-electron chi connectivity index (χ0n) is 11.9. The first kappa shape index (κ1) is 15.3. The van der Waals surface area contributed by atoms with Crippen molar-refractivity contribution in [3.8, 4) is 0 Å². The standard InChI is InChI=1S/C16H18ClN3O/c1-2-3-4-15-19-13(16(17)20-15)9-10-14(21)11-5-7-12(18)8-6-11/h5-10H,2-4,18H2,1H3,(H,19,20)/b10-9+. The number of unbranched alkanes of at least 4 members (excludes halogenated alkanes) is 1. The summed E-state index contributed by atoms with van der Waals surface area (Å²) in [6, 6.07) is 6.79. The van der Waals surface area contributed by atoms with Gasteiger partial charge in [0.1, 0.15) is 16.7 Å². The van der Waals surface area contributed by atoms with Crippen molar-refractivity contribution in [2.24, 2.45) is 0 Å². The number of ketones is 1. The fraction of sp³-hybridized carbons (Fsp3) is 0.250. The van der Waals surface area contributed by atoms with E-state index in [1.54, 1.807) is 30.3 Å². The molecule has 0 bridgehead atoms. The number of carbonyl (C=O) groups excluding carboxylic acids is 1. The molecule has 0 radical (unpaired) electrons. The van der Waals surface area contributed by atoms with Crippen LogP contribution in [0.3, 0.4) is 0 Å². The summed E-state index contributed by atoms with van der Waals surface area (Å²) in [5.74, 6) is 0.741. The van der Waals surface area contributed by atoms with Gasteiger partial charge in [-0.1, -0.05) is 24.9 Å². The number of hydrogen-bond acceptors (Lipinski definition) is 3.